The molecule has 0 bridgehead atoms. The number of anilines is 1. The van der Waals surface area contributed by atoms with E-state index in [4.69, 9.17) is 6.42 Å². The van der Waals surface area contributed by atoms with Gasteiger partial charge in [0.2, 0.25) is 0 Å². The van der Waals surface area contributed by atoms with Gasteiger partial charge in [-0.25, -0.2) is 9.18 Å². The van der Waals surface area contributed by atoms with Crippen LogP contribution in [0.5, 0.6) is 0 Å². The van der Waals surface area contributed by atoms with Crippen molar-refractivity contribution < 1.29 is 9.18 Å². The third kappa shape index (κ3) is 4.01. The van der Waals surface area contributed by atoms with Crippen molar-refractivity contribution in [3.05, 3.63) is 30.1 Å². The van der Waals surface area contributed by atoms with Crippen molar-refractivity contribution in [3.63, 3.8) is 0 Å². The lowest BCUT2D eigenvalue weighted by molar-refractivity contribution is 0.249. The van der Waals surface area contributed by atoms with Crippen molar-refractivity contribution in [1.29, 1.82) is 0 Å². The Labute approximate surface area is 94.0 Å². The average molecular weight is 220 g/mol. The smallest absolute Gasteiger partial charge is 0.319 e. The van der Waals surface area contributed by atoms with Gasteiger partial charge in [-0.05, 0) is 25.1 Å². The predicted octanol–water partition coefficient (Wildman–Crippen LogP) is 2.36. The normalized spacial score (nSPS) is 11.3. The Morgan fingerprint density at radius 1 is 1.62 bits per heavy atom. The van der Waals surface area contributed by atoms with Gasteiger partial charge in [-0.2, -0.15) is 0 Å². The number of nitrogens with one attached hydrogen (secondary N) is 2. The summed E-state index contributed by atoms with van der Waals surface area (Å²) in [6, 6.07) is 5.17. The number of hydrogen-bond donors (Lipinski definition) is 2. The molecule has 0 saturated heterocycles. The molecule has 4 heteroatoms. The van der Waals surface area contributed by atoms with Gasteiger partial charge in [0, 0.05) is 18.2 Å². The molecule has 2 N–H and O–H groups in total. The quantitative estimate of drug-likeness (QED) is 0.754. The van der Waals surface area contributed by atoms with Gasteiger partial charge in [0.05, 0.1) is 0 Å². The van der Waals surface area contributed by atoms with Crippen molar-refractivity contribution in [3.8, 4) is 12.3 Å². The molecule has 0 aromatic heterocycles. The molecule has 84 valence electrons. The Kier molecular flexibility index (Phi) is 4.34. The van der Waals surface area contributed by atoms with E-state index in [1.165, 1.54) is 18.2 Å². The molecule has 1 atom stereocenters. The first kappa shape index (κ1) is 12.1. The van der Waals surface area contributed by atoms with Gasteiger partial charge in [0.1, 0.15) is 5.82 Å². The second kappa shape index (κ2) is 5.76. The second-order valence-electron chi connectivity index (χ2n) is 3.42. The van der Waals surface area contributed by atoms with Gasteiger partial charge in [-0.3, -0.25) is 0 Å². The van der Waals surface area contributed by atoms with Gasteiger partial charge in [-0.1, -0.05) is 6.07 Å². The monoisotopic (exact) mass is 220 g/mol. The molecule has 1 rings (SSSR count). The lowest BCUT2D eigenvalue weighted by atomic mass is 10.2. The van der Waals surface area contributed by atoms with Crippen molar-refractivity contribution in [2.75, 3.05) is 5.32 Å². The first-order chi connectivity index (χ1) is 7.61. The summed E-state index contributed by atoms with van der Waals surface area (Å²) in [5.41, 5.74) is 0.408. The lowest BCUT2D eigenvalue weighted by Gasteiger charge is -2.11. The Morgan fingerprint density at radius 3 is 3.00 bits per heavy atom. The standard InChI is InChI=1S/C12H13FN2O/c1-3-5-9(2)14-12(16)15-11-7-4-6-10(13)8-11/h1,4,6-9H,5H2,2H3,(H2,14,15,16). The number of amides is 2. The molecule has 3 nitrogen and oxygen atoms in total. The van der Waals surface area contributed by atoms with Crippen LogP contribution in [0.3, 0.4) is 0 Å². The molecule has 1 unspecified atom stereocenters. The SMILES string of the molecule is C#CCC(C)NC(=O)Nc1cccc(F)c1. The summed E-state index contributed by atoms with van der Waals surface area (Å²) in [6.45, 7) is 1.80. The van der Waals surface area contributed by atoms with Crippen LogP contribution in [-0.2, 0) is 0 Å². The minimum Gasteiger partial charge on any atom is -0.334 e. The summed E-state index contributed by atoms with van der Waals surface area (Å²) in [7, 11) is 0. The third-order valence-electron chi connectivity index (χ3n) is 1.88. The van der Waals surface area contributed by atoms with Crippen molar-refractivity contribution in [2.24, 2.45) is 0 Å². The van der Waals surface area contributed by atoms with E-state index in [-0.39, 0.29) is 6.04 Å². The molecule has 0 aliphatic rings. The van der Waals surface area contributed by atoms with Crippen LogP contribution in [0.25, 0.3) is 0 Å². The van der Waals surface area contributed by atoms with Crippen molar-refractivity contribution in [1.82, 2.24) is 5.32 Å². The van der Waals surface area contributed by atoms with E-state index >= 15 is 0 Å². The molecule has 0 saturated carbocycles. The van der Waals surface area contributed by atoms with Crippen LogP contribution in [0.1, 0.15) is 13.3 Å². The van der Waals surface area contributed by atoms with E-state index in [0.29, 0.717) is 12.1 Å². The Balaban J connectivity index is 2.49. The van der Waals surface area contributed by atoms with Crippen LogP contribution in [0.15, 0.2) is 24.3 Å². The van der Waals surface area contributed by atoms with Gasteiger partial charge in [-0.15, -0.1) is 12.3 Å². The summed E-state index contributed by atoms with van der Waals surface area (Å²) < 4.78 is 12.8. The molecule has 16 heavy (non-hydrogen) atoms. The summed E-state index contributed by atoms with van der Waals surface area (Å²) in [5.74, 6) is 2.05. The van der Waals surface area contributed by atoms with Crippen LogP contribution in [0.4, 0.5) is 14.9 Å². The van der Waals surface area contributed by atoms with Gasteiger partial charge >= 0.3 is 6.03 Å². The largest absolute Gasteiger partial charge is 0.334 e. The molecule has 0 radical (unpaired) electrons. The summed E-state index contributed by atoms with van der Waals surface area (Å²) >= 11 is 0. The summed E-state index contributed by atoms with van der Waals surface area (Å²) in [5, 5.41) is 5.15. The molecular weight excluding hydrogens is 207 g/mol. The summed E-state index contributed by atoms with van der Waals surface area (Å²) in [4.78, 5) is 11.4. The Bertz CT molecular complexity index is 412. The fourth-order valence-electron chi connectivity index (χ4n) is 1.19. The van der Waals surface area contributed by atoms with Crippen LogP contribution in [0, 0.1) is 18.2 Å². The van der Waals surface area contributed by atoms with Gasteiger partial charge < -0.3 is 10.6 Å². The van der Waals surface area contributed by atoms with Crippen LogP contribution < -0.4 is 10.6 Å². The molecule has 0 aliphatic carbocycles. The highest BCUT2D eigenvalue weighted by atomic mass is 19.1. The van der Waals surface area contributed by atoms with Crippen molar-refractivity contribution in [2.45, 2.75) is 19.4 Å². The van der Waals surface area contributed by atoms with Crippen LogP contribution in [-0.4, -0.2) is 12.1 Å². The number of terminal acetylenes is 1. The van der Waals surface area contributed by atoms with Gasteiger partial charge in [0.25, 0.3) is 0 Å². The van der Waals surface area contributed by atoms with E-state index in [1.54, 1.807) is 13.0 Å². The van der Waals surface area contributed by atoms with Crippen LogP contribution in [0.2, 0.25) is 0 Å². The number of urea groups is 1. The average Bonchev–Trinajstić information content (AvgIpc) is 2.17. The van der Waals surface area contributed by atoms with E-state index in [0.717, 1.165) is 0 Å². The zero-order valence-electron chi connectivity index (χ0n) is 8.96. The highest BCUT2D eigenvalue weighted by Crippen LogP contribution is 2.08. The predicted molar refractivity (Wildman–Crippen MR) is 61.5 cm³/mol. The third-order valence-corrected chi connectivity index (χ3v) is 1.88. The number of carbonyl (C=O) groups excluding carboxylic acids is 1. The number of carbonyl (C=O) groups is 1. The van der Waals surface area contributed by atoms with E-state index < -0.39 is 11.8 Å². The van der Waals surface area contributed by atoms with E-state index in [9.17, 15) is 9.18 Å². The van der Waals surface area contributed by atoms with Crippen LogP contribution >= 0.6 is 0 Å². The number of benzene rings is 1. The minimum atomic E-state index is -0.395. The zero-order chi connectivity index (χ0) is 12.0. The number of rotatable bonds is 3. The molecule has 1 aromatic rings. The first-order valence-electron chi connectivity index (χ1n) is 4.88. The number of halogens is 1. The highest BCUT2D eigenvalue weighted by molar-refractivity contribution is 5.89. The maximum atomic E-state index is 12.8. The fourth-order valence-corrected chi connectivity index (χ4v) is 1.19. The molecule has 0 fully saturated rings. The highest BCUT2D eigenvalue weighted by Gasteiger charge is 2.06. The number of hydrogen-bond acceptors (Lipinski definition) is 1. The summed E-state index contributed by atoms with van der Waals surface area (Å²) in [6.07, 6.45) is 5.56. The molecule has 0 spiro atoms. The fraction of sp³-hybridized carbons (Fsp3) is 0.250. The molecular formula is C12H13FN2O. The maximum absolute atomic E-state index is 12.8. The topological polar surface area (TPSA) is 41.1 Å². The zero-order valence-corrected chi connectivity index (χ0v) is 8.96. The Morgan fingerprint density at radius 2 is 2.38 bits per heavy atom. The minimum absolute atomic E-state index is 0.112. The lowest BCUT2D eigenvalue weighted by Crippen LogP contribution is -2.35. The molecule has 0 aliphatic heterocycles. The maximum Gasteiger partial charge on any atom is 0.319 e. The van der Waals surface area contributed by atoms with E-state index in [2.05, 4.69) is 16.6 Å². The molecule has 0 heterocycles. The second-order valence-corrected chi connectivity index (χ2v) is 3.42. The molecule has 1 aromatic carbocycles. The first-order valence-corrected chi connectivity index (χ1v) is 4.88. The molecule has 2 amide bonds. The van der Waals surface area contributed by atoms with E-state index in [1.807, 2.05) is 0 Å². The Hall–Kier alpha value is -2.02. The van der Waals surface area contributed by atoms with Gasteiger partial charge in [0.15, 0.2) is 0 Å². The van der Waals surface area contributed by atoms with Crippen molar-refractivity contribution >= 4 is 11.7 Å².